The molecule has 1 aliphatic rings. The van der Waals surface area contributed by atoms with Crippen molar-refractivity contribution in [1.29, 1.82) is 0 Å². The Morgan fingerprint density at radius 3 is 1.80 bits per heavy atom. The van der Waals surface area contributed by atoms with Crippen LogP contribution in [0, 0.1) is 0 Å². The van der Waals surface area contributed by atoms with E-state index in [1.54, 1.807) is 0 Å². The van der Waals surface area contributed by atoms with E-state index in [1.807, 2.05) is 12.4 Å². The van der Waals surface area contributed by atoms with Gasteiger partial charge in [-0.1, -0.05) is 30.3 Å². The Bertz CT molecular complexity index is 2400. The predicted molar refractivity (Wildman–Crippen MR) is 195 cm³/mol. The summed E-state index contributed by atoms with van der Waals surface area (Å²) in [6.45, 7) is 0. The Morgan fingerprint density at radius 2 is 1.11 bits per heavy atom. The van der Waals surface area contributed by atoms with Crippen LogP contribution in [0.5, 0.6) is 0 Å². The van der Waals surface area contributed by atoms with Gasteiger partial charge in [0.2, 0.25) is 0 Å². The minimum absolute atomic E-state index is 0.702. The van der Waals surface area contributed by atoms with Gasteiger partial charge in [-0.25, -0.2) is 0 Å². The molecule has 46 heavy (non-hydrogen) atoms. The molecule has 6 aromatic carbocycles. The molecule has 0 N–H and O–H groups in total. The summed E-state index contributed by atoms with van der Waals surface area (Å²) in [6, 6.07) is 53.9. The Kier molecular flexibility index (Phi) is 6.40. The summed E-state index contributed by atoms with van der Waals surface area (Å²) in [5, 5.41) is 6.13. The first-order chi connectivity index (χ1) is 22.7. The van der Waals surface area contributed by atoms with E-state index in [9.17, 15) is 0 Å². The molecule has 8 aromatic rings. The van der Waals surface area contributed by atoms with Crippen LogP contribution >= 0.6 is 5.51 Å². The van der Waals surface area contributed by atoms with E-state index in [1.165, 1.54) is 32.4 Å². The van der Waals surface area contributed by atoms with Crippen molar-refractivity contribution in [2.45, 2.75) is 0 Å². The van der Waals surface area contributed by atoms with Crippen molar-refractivity contribution in [1.82, 2.24) is 14.5 Å². The zero-order valence-corrected chi connectivity index (χ0v) is 27.3. The van der Waals surface area contributed by atoms with Gasteiger partial charge in [0, 0.05) is 0 Å². The topological polar surface area (TPSA) is 34.0 Å². The molecule has 0 aliphatic carbocycles. The average Bonchev–Trinajstić information content (AvgIpc) is 3.48. The fourth-order valence-electron chi connectivity index (χ4n) is 6.80. The molecular formula is C40H27N4PSe. The van der Waals surface area contributed by atoms with Gasteiger partial charge >= 0.3 is 246 Å². The Labute approximate surface area is 274 Å². The summed E-state index contributed by atoms with van der Waals surface area (Å²) in [6.07, 6.45) is 4.03. The van der Waals surface area contributed by atoms with Crippen LogP contribution in [0.3, 0.4) is 0 Å². The van der Waals surface area contributed by atoms with Crippen molar-refractivity contribution in [2.24, 2.45) is 0 Å². The Balaban J connectivity index is 1.22. The number of fused-ring (bicyclic) bond motifs is 5. The molecule has 0 unspecified atom stereocenters. The summed E-state index contributed by atoms with van der Waals surface area (Å²) in [4.78, 5) is 12.4. The first-order valence-corrected chi connectivity index (χ1v) is 19.3. The normalized spacial score (nSPS) is 12.4. The Morgan fingerprint density at radius 1 is 0.500 bits per heavy atom. The van der Waals surface area contributed by atoms with Gasteiger partial charge in [0.1, 0.15) is 0 Å². The van der Waals surface area contributed by atoms with E-state index >= 15 is 0 Å². The minimum atomic E-state index is -2.05. The predicted octanol–water partition coefficient (Wildman–Crippen LogP) is 8.40. The molecule has 0 saturated heterocycles. The molecule has 0 amide bonds. The van der Waals surface area contributed by atoms with Gasteiger partial charge in [-0.05, 0) is 0 Å². The van der Waals surface area contributed by atoms with Gasteiger partial charge in [0.05, 0.1) is 0 Å². The van der Waals surface area contributed by atoms with Crippen LogP contribution in [0.1, 0.15) is 0 Å². The van der Waals surface area contributed by atoms with Crippen molar-refractivity contribution >= 4 is 75.4 Å². The van der Waals surface area contributed by atoms with Crippen molar-refractivity contribution in [2.75, 3.05) is 4.90 Å². The van der Waals surface area contributed by atoms with E-state index in [2.05, 4.69) is 176 Å². The third-order valence-corrected chi connectivity index (χ3v) is 15.9. The molecule has 3 heterocycles. The van der Waals surface area contributed by atoms with Gasteiger partial charge in [-0.15, -0.1) is 0 Å². The molecule has 9 rings (SSSR count). The van der Waals surface area contributed by atoms with E-state index in [0.29, 0.717) is 5.82 Å². The molecule has 0 spiro atoms. The summed E-state index contributed by atoms with van der Waals surface area (Å²) in [5.74, 6) is 0.702. The average molecular weight is 674 g/mol. The number of aromatic nitrogens is 3. The standard InChI is InChI=1S/C40H27N4PSe/c46-45(30-15-6-2-7-16-30,31-17-8-3-9-18-31)32-26-41-40(42-27-32)28-23-24-36-38(25-28)43(29-13-4-1-5-14-29)37-22-12-20-34-33-19-10-11-21-35(33)44(36)39(34)37/h1-27H. The van der Waals surface area contributed by atoms with E-state index < -0.39 is 5.51 Å². The number of anilines is 3. The second-order valence-corrected chi connectivity index (χ2v) is 17.7. The molecule has 2 aromatic heterocycles. The number of hydrogen-bond donors (Lipinski definition) is 0. The Hall–Kier alpha value is -5.05. The summed E-state index contributed by atoms with van der Waals surface area (Å²) >= 11 is 3.62. The number of benzene rings is 6. The molecule has 218 valence electrons. The molecule has 0 bridgehead atoms. The van der Waals surface area contributed by atoms with Gasteiger partial charge in [-0.2, -0.15) is 0 Å². The zero-order valence-electron chi connectivity index (χ0n) is 24.7. The number of rotatable bonds is 5. The van der Waals surface area contributed by atoms with Crippen molar-refractivity contribution in [3.05, 3.63) is 164 Å². The number of hydrogen-bond acceptors (Lipinski definition) is 3. The van der Waals surface area contributed by atoms with E-state index in [-0.39, 0.29) is 0 Å². The van der Waals surface area contributed by atoms with Gasteiger partial charge < -0.3 is 0 Å². The fraction of sp³-hybridized carbons (Fsp3) is 0. The zero-order chi connectivity index (χ0) is 30.7. The van der Waals surface area contributed by atoms with Crippen LogP contribution in [-0.4, -0.2) is 29.6 Å². The maximum absolute atomic E-state index is 5.01. The number of nitrogens with zero attached hydrogens (tertiary/aromatic N) is 4. The molecule has 0 atom stereocenters. The van der Waals surface area contributed by atoms with Crippen molar-refractivity contribution in [3.63, 3.8) is 0 Å². The van der Waals surface area contributed by atoms with Crippen LogP contribution in [0.2, 0.25) is 0 Å². The van der Waals surface area contributed by atoms with Crippen LogP contribution in [0.15, 0.2) is 164 Å². The quantitative estimate of drug-likeness (QED) is 0.136. The van der Waals surface area contributed by atoms with E-state index in [0.717, 1.165) is 33.6 Å². The summed E-state index contributed by atoms with van der Waals surface area (Å²) in [7, 11) is 0. The van der Waals surface area contributed by atoms with Crippen molar-refractivity contribution < 1.29 is 0 Å². The van der Waals surface area contributed by atoms with Crippen molar-refractivity contribution in [3.8, 4) is 17.1 Å². The molecule has 6 heteroatoms. The molecular weight excluding hydrogens is 646 g/mol. The third-order valence-electron chi connectivity index (χ3n) is 8.89. The summed E-state index contributed by atoms with van der Waals surface area (Å²) < 4.78 is 2.41. The SMILES string of the molecule is [Se]=P(c1ccccc1)(c1ccccc1)c1cnc(-c2ccc3c(c2)N(c2ccccc2)c2cccc4c5ccccc5n-3c24)nc1. The van der Waals surface area contributed by atoms with Crippen LogP contribution in [-0.2, 0) is 0 Å². The first kappa shape index (κ1) is 27.3. The first-order valence-electron chi connectivity index (χ1n) is 15.3. The second kappa shape index (κ2) is 10.8. The van der Waals surface area contributed by atoms with Crippen LogP contribution < -0.4 is 20.8 Å². The second-order valence-electron chi connectivity index (χ2n) is 11.4. The molecule has 0 fully saturated rings. The van der Waals surface area contributed by atoms with Crippen LogP contribution in [0.4, 0.5) is 17.1 Å². The molecule has 0 saturated carbocycles. The molecule has 1 aliphatic heterocycles. The summed E-state index contributed by atoms with van der Waals surface area (Å²) in [5.41, 5.74) is 5.85. The van der Waals surface area contributed by atoms with Crippen LogP contribution in [0.25, 0.3) is 38.9 Å². The maximum atomic E-state index is 5.01. The monoisotopic (exact) mass is 674 g/mol. The van der Waals surface area contributed by atoms with Gasteiger partial charge in [0.25, 0.3) is 0 Å². The molecule has 4 nitrogen and oxygen atoms in total. The van der Waals surface area contributed by atoms with Gasteiger partial charge in [0.15, 0.2) is 0 Å². The number of para-hydroxylation sites is 3. The molecule has 0 radical (unpaired) electrons. The fourth-order valence-corrected chi connectivity index (χ4v) is 11.4. The van der Waals surface area contributed by atoms with Gasteiger partial charge in [-0.3, -0.25) is 0 Å². The third kappa shape index (κ3) is 4.10. The van der Waals surface area contributed by atoms with E-state index in [4.69, 9.17) is 9.97 Å².